The molecule has 0 radical (unpaired) electrons. The van der Waals surface area contributed by atoms with Gasteiger partial charge >= 0.3 is 0 Å². The molecule has 18 heavy (non-hydrogen) atoms. The van der Waals surface area contributed by atoms with Crippen molar-refractivity contribution in [2.24, 2.45) is 5.73 Å². The molecule has 1 heterocycles. The molecule has 0 bridgehead atoms. The van der Waals surface area contributed by atoms with Gasteiger partial charge in [-0.15, -0.1) is 0 Å². The zero-order chi connectivity index (χ0) is 13.9. The van der Waals surface area contributed by atoms with Crippen LogP contribution in [0.5, 0.6) is 0 Å². The van der Waals surface area contributed by atoms with Crippen LogP contribution in [0.1, 0.15) is 6.92 Å². The van der Waals surface area contributed by atoms with Gasteiger partial charge in [-0.05, 0) is 6.92 Å². The van der Waals surface area contributed by atoms with E-state index in [2.05, 4.69) is 5.32 Å². The van der Waals surface area contributed by atoms with Crippen LogP contribution in [0.2, 0.25) is 0 Å². The van der Waals surface area contributed by atoms with Crippen molar-refractivity contribution in [2.45, 2.75) is 13.0 Å². The number of sulfonamides is 1. The number of nitrogens with two attached hydrogens (primary N) is 1. The van der Waals surface area contributed by atoms with Crippen LogP contribution in [0.15, 0.2) is 0 Å². The van der Waals surface area contributed by atoms with E-state index in [4.69, 9.17) is 11.1 Å². The third-order valence-corrected chi connectivity index (χ3v) is 4.04. The van der Waals surface area contributed by atoms with E-state index in [0.717, 1.165) is 10.6 Å². The molecule has 0 aliphatic carbocycles. The summed E-state index contributed by atoms with van der Waals surface area (Å²) in [6.45, 7) is 2.76. The Kier molecular flexibility index (Phi) is 4.52. The van der Waals surface area contributed by atoms with Gasteiger partial charge in [0.25, 0.3) is 0 Å². The van der Waals surface area contributed by atoms with Gasteiger partial charge in [-0.1, -0.05) is 0 Å². The van der Waals surface area contributed by atoms with Gasteiger partial charge in [-0.2, -0.15) is 4.31 Å². The number of rotatable bonds is 3. The summed E-state index contributed by atoms with van der Waals surface area (Å²) in [4.78, 5) is 13.4. The van der Waals surface area contributed by atoms with E-state index >= 15 is 0 Å². The van der Waals surface area contributed by atoms with E-state index in [1.165, 1.54) is 4.90 Å². The molecule has 0 aromatic rings. The summed E-state index contributed by atoms with van der Waals surface area (Å²) in [6.07, 6.45) is 1.07. The predicted molar refractivity (Wildman–Crippen MR) is 67.5 cm³/mol. The number of hydrogen-bond donors (Lipinski definition) is 3. The molecule has 1 fully saturated rings. The first-order chi connectivity index (χ1) is 8.27. The lowest BCUT2D eigenvalue weighted by atomic mass is 10.2. The zero-order valence-electron chi connectivity index (χ0n) is 10.5. The Balaban J connectivity index is 2.93. The van der Waals surface area contributed by atoms with E-state index in [-0.39, 0.29) is 25.0 Å². The number of amides is 1. The number of nitrogens with one attached hydrogen (secondary N) is 2. The van der Waals surface area contributed by atoms with E-state index in [1.807, 2.05) is 0 Å². The van der Waals surface area contributed by atoms with Crippen molar-refractivity contribution < 1.29 is 13.2 Å². The summed E-state index contributed by atoms with van der Waals surface area (Å²) in [5.41, 5.74) is 5.37. The maximum Gasteiger partial charge on any atom is 0.240 e. The molecule has 0 aromatic heterocycles. The Hall–Kier alpha value is -1.35. The topological polar surface area (TPSA) is 120 Å². The third-order valence-electron chi connectivity index (χ3n) is 2.75. The maximum atomic E-state index is 11.9. The van der Waals surface area contributed by atoms with Gasteiger partial charge in [0.2, 0.25) is 15.9 Å². The fraction of sp³-hybridized carbons (Fsp3) is 0.778. The lowest BCUT2D eigenvalue weighted by Gasteiger charge is -2.39. The summed E-state index contributed by atoms with van der Waals surface area (Å²) in [5, 5.41) is 9.94. The van der Waals surface area contributed by atoms with Gasteiger partial charge < -0.3 is 16.0 Å². The smallest absolute Gasteiger partial charge is 0.240 e. The molecule has 8 nitrogen and oxygen atoms in total. The van der Waals surface area contributed by atoms with E-state index < -0.39 is 16.1 Å². The Morgan fingerprint density at radius 3 is 2.56 bits per heavy atom. The number of guanidine groups is 1. The number of hydrogen-bond acceptors (Lipinski definition) is 4. The summed E-state index contributed by atoms with van der Waals surface area (Å²) in [5.74, 6) is -0.522. The molecule has 1 saturated heterocycles. The van der Waals surface area contributed by atoms with E-state index in [0.29, 0.717) is 13.1 Å². The molecule has 1 unspecified atom stereocenters. The van der Waals surface area contributed by atoms with Crippen LogP contribution < -0.4 is 11.1 Å². The van der Waals surface area contributed by atoms with Gasteiger partial charge in [0.05, 0.1) is 6.26 Å². The quantitative estimate of drug-likeness (QED) is 0.405. The Labute approximate surface area is 107 Å². The van der Waals surface area contributed by atoms with Crippen LogP contribution >= 0.6 is 0 Å². The standard InChI is InChI=1S/C9H19N5O3S/c1-3-12-8(15)7-6-13(9(10)11)4-5-14(7)18(2,16)17/h7H,3-6H2,1-2H3,(H3,10,11)(H,12,15). The van der Waals surface area contributed by atoms with Crippen molar-refractivity contribution in [2.75, 3.05) is 32.4 Å². The van der Waals surface area contributed by atoms with Gasteiger partial charge in [0.15, 0.2) is 5.96 Å². The van der Waals surface area contributed by atoms with Crippen molar-refractivity contribution in [3.05, 3.63) is 0 Å². The second kappa shape index (κ2) is 5.53. The first-order valence-corrected chi connectivity index (χ1v) is 7.45. The molecule has 0 spiro atoms. The molecule has 1 aliphatic rings. The monoisotopic (exact) mass is 277 g/mol. The van der Waals surface area contributed by atoms with Crippen molar-refractivity contribution in [3.8, 4) is 0 Å². The van der Waals surface area contributed by atoms with Gasteiger partial charge in [0.1, 0.15) is 6.04 Å². The molecule has 1 rings (SSSR count). The molecule has 0 aromatic carbocycles. The fourth-order valence-electron chi connectivity index (χ4n) is 1.89. The van der Waals surface area contributed by atoms with Crippen molar-refractivity contribution in [1.29, 1.82) is 5.41 Å². The summed E-state index contributed by atoms with van der Waals surface area (Å²) < 4.78 is 24.4. The Morgan fingerprint density at radius 1 is 1.50 bits per heavy atom. The predicted octanol–water partition coefficient (Wildman–Crippen LogP) is -2.04. The van der Waals surface area contributed by atoms with Gasteiger partial charge in [-0.3, -0.25) is 10.2 Å². The fourth-order valence-corrected chi connectivity index (χ4v) is 2.93. The van der Waals surface area contributed by atoms with Gasteiger partial charge in [-0.25, -0.2) is 8.42 Å². The van der Waals surface area contributed by atoms with Crippen molar-refractivity contribution in [1.82, 2.24) is 14.5 Å². The molecule has 104 valence electrons. The number of piperazine rings is 1. The zero-order valence-corrected chi connectivity index (χ0v) is 11.3. The second-order valence-electron chi connectivity index (χ2n) is 4.12. The number of carbonyl (C=O) groups excluding carboxylic acids is 1. The van der Waals surface area contributed by atoms with Crippen LogP contribution in [0.3, 0.4) is 0 Å². The lowest BCUT2D eigenvalue weighted by Crippen LogP contribution is -2.62. The van der Waals surface area contributed by atoms with E-state index in [1.54, 1.807) is 6.92 Å². The SMILES string of the molecule is CCNC(=O)C1CN(C(=N)N)CCN1S(C)(=O)=O. The Morgan fingerprint density at radius 2 is 2.11 bits per heavy atom. The first kappa shape index (κ1) is 14.7. The van der Waals surface area contributed by atoms with Gasteiger partial charge in [0, 0.05) is 26.2 Å². The molecule has 0 saturated carbocycles. The maximum absolute atomic E-state index is 11.9. The first-order valence-electron chi connectivity index (χ1n) is 5.61. The third kappa shape index (κ3) is 3.33. The number of nitrogens with zero attached hydrogens (tertiary/aromatic N) is 2. The van der Waals surface area contributed by atoms with Crippen LogP contribution in [-0.2, 0) is 14.8 Å². The molecule has 1 amide bonds. The van der Waals surface area contributed by atoms with Crippen molar-refractivity contribution >= 4 is 21.9 Å². The average Bonchev–Trinajstić information content (AvgIpc) is 2.27. The van der Waals surface area contributed by atoms with Crippen LogP contribution in [0.25, 0.3) is 0 Å². The minimum absolute atomic E-state index is 0.105. The number of carbonyl (C=O) groups is 1. The Bertz CT molecular complexity index is 435. The highest BCUT2D eigenvalue weighted by Gasteiger charge is 2.37. The lowest BCUT2D eigenvalue weighted by molar-refractivity contribution is -0.125. The molecular weight excluding hydrogens is 258 g/mol. The number of likely N-dealkylation sites (N-methyl/N-ethyl adjacent to an activating group) is 1. The van der Waals surface area contributed by atoms with Crippen LogP contribution in [-0.4, -0.2) is 68.0 Å². The highest BCUT2D eigenvalue weighted by molar-refractivity contribution is 7.88. The largest absolute Gasteiger partial charge is 0.370 e. The summed E-state index contributed by atoms with van der Waals surface area (Å²) in [6, 6.07) is -0.836. The average molecular weight is 277 g/mol. The highest BCUT2D eigenvalue weighted by atomic mass is 32.2. The van der Waals surface area contributed by atoms with Crippen molar-refractivity contribution in [3.63, 3.8) is 0 Å². The van der Waals surface area contributed by atoms with E-state index in [9.17, 15) is 13.2 Å². The summed E-state index contributed by atoms with van der Waals surface area (Å²) in [7, 11) is -3.45. The second-order valence-corrected chi connectivity index (χ2v) is 6.05. The van der Waals surface area contributed by atoms with Crippen LogP contribution in [0.4, 0.5) is 0 Å². The molecule has 9 heteroatoms. The normalized spacial score (nSPS) is 21.7. The minimum Gasteiger partial charge on any atom is -0.370 e. The molecule has 1 atom stereocenters. The molecular formula is C9H19N5O3S. The van der Waals surface area contributed by atoms with Crippen LogP contribution in [0, 0.1) is 5.41 Å². The summed E-state index contributed by atoms with van der Waals surface area (Å²) >= 11 is 0. The highest BCUT2D eigenvalue weighted by Crippen LogP contribution is 2.13. The minimum atomic E-state index is -3.45. The molecule has 4 N–H and O–H groups in total. The molecule has 1 aliphatic heterocycles.